The van der Waals surface area contributed by atoms with Crippen LogP contribution < -0.4 is 0 Å². The van der Waals surface area contributed by atoms with Gasteiger partial charge in [0.1, 0.15) is 4.90 Å². The molecule has 0 atom stereocenters. The lowest BCUT2D eigenvalue weighted by Crippen LogP contribution is -2.32. The molecule has 1 saturated carbocycles. The highest BCUT2D eigenvalue weighted by molar-refractivity contribution is 9.11. The first-order valence-electron chi connectivity index (χ1n) is 6.75. The maximum absolute atomic E-state index is 12.6. The molecular formula is C13H19BrClNO2S2. The van der Waals surface area contributed by atoms with Gasteiger partial charge in [0.05, 0.1) is 9.67 Å². The maximum Gasteiger partial charge on any atom is 0.244 e. The molecule has 0 aliphatic heterocycles. The highest BCUT2D eigenvalue weighted by Gasteiger charge is 2.28. The van der Waals surface area contributed by atoms with Crippen LogP contribution in [-0.4, -0.2) is 26.3 Å². The molecule has 1 aromatic heterocycles. The van der Waals surface area contributed by atoms with Crippen molar-refractivity contribution in [2.24, 2.45) is 5.92 Å². The lowest BCUT2D eigenvalue weighted by molar-refractivity contribution is 0.300. The van der Waals surface area contributed by atoms with Crippen LogP contribution in [-0.2, 0) is 15.9 Å². The number of alkyl halides is 1. The van der Waals surface area contributed by atoms with E-state index in [-0.39, 0.29) is 0 Å². The lowest BCUT2D eigenvalue weighted by Gasteiger charge is -2.26. The number of hydrogen-bond donors (Lipinski definition) is 0. The first-order valence-corrected chi connectivity index (χ1v) is 10.3. The van der Waals surface area contributed by atoms with Crippen LogP contribution in [0.4, 0.5) is 0 Å². The molecule has 0 radical (unpaired) electrons. The van der Waals surface area contributed by atoms with Gasteiger partial charge in [0, 0.05) is 18.5 Å². The molecular weight excluding hydrogens is 382 g/mol. The Labute approximate surface area is 138 Å². The molecule has 1 aliphatic rings. The number of thiophene rings is 1. The van der Waals surface area contributed by atoms with Crippen LogP contribution in [0.25, 0.3) is 0 Å². The zero-order chi connectivity index (χ0) is 14.8. The van der Waals surface area contributed by atoms with Gasteiger partial charge in [-0.15, -0.1) is 22.9 Å². The summed E-state index contributed by atoms with van der Waals surface area (Å²) >= 11 is 10.5. The van der Waals surface area contributed by atoms with Crippen molar-refractivity contribution < 1.29 is 8.42 Å². The summed E-state index contributed by atoms with van der Waals surface area (Å²) in [5.41, 5.74) is 0. The average Bonchev–Trinajstić information content (AvgIpc) is 2.82. The van der Waals surface area contributed by atoms with Gasteiger partial charge in [-0.25, -0.2) is 12.7 Å². The molecule has 0 bridgehead atoms. The van der Waals surface area contributed by atoms with Crippen molar-refractivity contribution in [3.63, 3.8) is 0 Å². The minimum atomic E-state index is -3.42. The smallest absolute Gasteiger partial charge is 0.207 e. The third-order valence-corrected chi connectivity index (χ3v) is 8.29. The molecule has 1 fully saturated rings. The Morgan fingerprint density at radius 3 is 2.60 bits per heavy atom. The van der Waals surface area contributed by atoms with E-state index in [0.717, 1.165) is 17.7 Å². The number of nitrogens with zero attached hydrogens (tertiary/aromatic N) is 1. The van der Waals surface area contributed by atoms with E-state index in [1.54, 1.807) is 13.1 Å². The van der Waals surface area contributed by atoms with E-state index in [9.17, 15) is 8.42 Å². The number of rotatable bonds is 5. The van der Waals surface area contributed by atoms with Gasteiger partial charge in [-0.3, -0.25) is 0 Å². The van der Waals surface area contributed by atoms with Gasteiger partial charge in [-0.05, 0) is 40.8 Å². The van der Waals surface area contributed by atoms with E-state index in [0.29, 0.717) is 27.0 Å². The van der Waals surface area contributed by atoms with Gasteiger partial charge in [-0.2, -0.15) is 0 Å². The fourth-order valence-corrected chi connectivity index (χ4v) is 6.60. The minimum Gasteiger partial charge on any atom is -0.207 e. The third kappa shape index (κ3) is 3.77. The van der Waals surface area contributed by atoms with Crippen LogP contribution in [0.2, 0.25) is 0 Å². The largest absolute Gasteiger partial charge is 0.244 e. The molecule has 20 heavy (non-hydrogen) atoms. The lowest BCUT2D eigenvalue weighted by atomic mass is 9.89. The van der Waals surface area contributed by atoms with Crippen molar-refractivity contribution in [1.82, 2.24) is 4.31 Å². The van der Waals surface area contributed by atoms with Crippen LogP contribution in [0.3, 0.4) is 0 Å². The Morgan fingerprint density at radius 2 is 2.05 bits per heavy atom. The van der Waals surface area contributed by atoms with Gasteiger partial charge in [-0.1, -0.05) is 19.3 Å². The van der Waals surface area contributed by atoms with E-state index in [1.165, 1.54) is 34.9 Å². The van der Waals surface area contributed by atoms with Gasteiger partial charge >= 0.3 is 0 Å². The summed E-state index contributed by atoms with van der Waals surface area (Å²) in [5.74, 6) is 0.832. The minimum absolute atomic E-state index is 0.338. The summed E-state index contributed by atoms with van der Waals surface area (Å²) in [7, 11) is -1.75. The molecule has 3 nitrogen and oxygen atoms in total. The van der Waals surface area contributed by atoms with Crippen LogP contribution in [0.1, 0.15) is 37.0 Å². The highest BCUT2D eigenvalue weighted by atomic mass is 79.9. The van der Waals surface area contributed by atoms with Crippen molar-refractivity contribution in [2.75, 3.05) is 13.6 Å². The van der Waals surface area contributed by atoms with E-state index in [2.05, 4.69) is 15.9 Å². The Morgan fingerprint density at radius 1 is 1.40 bits per heavy atom. The first kappa shape index (κ1) is 16.7. The van der Waals surface area contributed by atoms with Crippen molar-refractivity contribution in [2.45, 2.75) is 42.9 Å². The summed E-state index contributed by atoms with van der Waals surface area (Å²) in [6.45, 7) is 0.612. The Hall–Kier alpha value is 0.380. The quantitative estimate of drug-likeness (QED) is 0.685. The molecule has 7 heteroatoms. The number of hydrogen-bond acceptors (Lipinski definition) is 3. The van der Waals surface area contributed by atoms with E-state index >= 15 is 0 Å². The van der Waals surface area contributed by atoms with Crippen molar-refractivity contribution >= 4 is 48.9 Å². The van der Waals surface area contributed by atoms with E-state index in [1.807, 2.05) is 0 Å². The van der Waals surface area contributed by atoms with Crippen LogP contribution in [0.15, 0.2) is 14.7 Å². The summed E-state index contributed by atoms with van der Waals surface area (Å²) in [5, 5.41) is 0. The second-order valence-electron chi connectivity index (χ2n) is 5.27. The molecule has 0 spiro atoms. The second kappa shape index (κ2) is 7.09. The average molecular weight is 401 g/mol. The SMILES string of the molecule is CN(CC1CCCCC1)S(=O)(=O)c1cc(CCl)sc1Br. The summed E-state index contributed by atoms with van der Waals surface area (Å²) in [4.78, 5) is 1.21. The Kier molecular flexibility index (Phi) is 5.94. The molecule has 0 unspecified atom stereocenters. The van der Waals surface area contributed by atoms with Gasteiger partial charge in [0.25, 0.3) is 0 Å². The van der Waals surface area contributed by atoms with Gasteiger partial charge in [0.2, 0.25) is 10.0 Å². The predicted octanol–water partition coefficient (Wildman–Crippen LogP) is 4.45. The fourth-order valence-electron chi connectivity index (χ4n) is 2.64. The normalized spacial score (nSPS) is 17.8. The summed E-state index contributed by atoms with van der Waals surface area (Å²) < 4.78 is 27.4. The third-order valence-electron chi connectivity index (χ3n) is 3.77. The van der Waals surface area contributed by atoms with Gasteiger partial charge < -0.3 is 0 Å². The van der Waals surface area contributed by atoms with Crippen LogP contribution >= 0.6 is 38.9 Å². The maximum atomic E-state index is 12.6. The van der Waals surface area contributed by atoms with Crippen molar-refractivity contribution in [1.29, 1.82) is 0 Å². The molecule has 0 amide bonds. The van der Waals surface area contributed by atoms with Gasteiger partial charge in [0.15, 0.2) is 0 Å². The van der Waals surface area contributed by atoms with E-state index < -0.39 is 10.0 Å². The number of sulfonamides is 1. The Bertz CT molecular complexity index is 553. The molecule has 114 valence electrons. The molecule has 1 aromatic rings. The zero-order valence-electron chi connectivity index (χ0n) is 11.4. The molecule has 0 saturated heterocycles. The first-order chi connectivity index (χ1) is 9.45. The van der Waals surface area contributed by atoms with Crippen LogP contribution in [0, 0.1) is 5.92 Å². The standard InChI is InChI=1S/C13H19BrClNO2S2/c1-16(9-10-5-3-2-4-6-10)20(17,18)12-7-11(8-15)19-13(12)14/h7,10H,2-6,8-9H2,1H3. The predicted molar refractivity (Wildman–Crippen MR) is 88.0 cm³/mol. The molecule has 1 heterocycles. The fraction of sp³-hybridized carbons (Fsp3) is 0.692. The second-order valence-corrected chi connectivity index (χ2v) is 10.0. The highest BCUT2D eigenvalue weighted by Crippen LogP contribution is 2.34. The van der Waals surface area contributed by atoms with E-state index in [4.69, 9.17) is 11.6 Å². The summed E-state index contributed by atoms with van der Waals surface area (Å²) in [6.07, 6.45) is 5.99. The van der Waals surface area contributed by atoms with Crippen molar-refractivity contribution in [3.05, 3.63) is 14.7 Å². The van der Waals surface area contributed by atoms with Crippen molar-refractivity contribution in [3.8, 4) is 0 Å². The zero-order valence-corrected chi connectivity index (χ0v) is 15.4. The molecule has 0 N–H and O–H groups in total. The Balaban J connectivity index is 2.13. The monoisotopic (exact) mass is 399 g/mol. The topological polar surface area (TPSA) is 37.4 Å². The van der Waals surface area contributed by atoms with Crippen LogP contribution in [0.5, 0.6) is 0 Å². The molecule has 2 rings (SSSR count). The summed E-state index contributed by atoms with van der Waals surface area (Å²) in [6, 6.07) is 1.68. The number of halogens is 2. The molecule has 0 aromatic carbocycles. The molecule has 1 aliphatic carbocycles.